The molecule has 27 heavy (non-hydrogen) atoms. The number of hydrogen-bond acceptors (Lipinski definition) is 5. The van der Waals surface area contributed by atoms with E-state index >= 15 is 0 Å². The van der Waals surface area contributed by atoms with Crippen LogP contribution in [0.5, 0.6) is 0 Å². The Bertz CT molecular complexity index is 953. The molecule has 3 rings (SSSR count). The lowest BCUT2D eigenvalue weighted by atomic mass is 10.1. The molecule has 144 valence electrons. The van der Waals surface area contributed by atoms with Gasteiger partial charge in [-0.2, -0.15) is 13.2 Å². The van der Waals surface area contributed by atoms with E-state index in [1.54, 1.807) is 0 Å². The van der Waals surface area contributed by atoms with Crippen LogP contribution < -0.4 is 11.1 Å². The van der Waals surface area contributed by atoms with Crippen molar-refractivity contribution in [1.29, 1.82) is 0 Å². The SMILES string of the molecule is CC.Nc1cc(CNc2nccn3cc(C(=O)O)nc23)cc(C(F)(F)F)c1. The topological polar surface area (TPSA) is 106 Å². The molecule has 7 nitrogen and oxygen atoms in total. The number of aromatic nitrogens is 3. The number of carboxylic acid groups (broad SMARTS) is 1. The number of fused-ring (bicyclic) bond motifs is 1. The predicted octanol–water partition coefficient (Wildman–Crippen LogP) is 3.67. The van der Waals surface area contributed by atoms with Crippen molar-refractivity contribution in [3.8, 4) is 0 Å². The first-order valence-corrected chi connectivity index (χ1v) is 8.01. The van der Waals surface area contributed by atoms with E-state index in [0.29, 0.717) is 5.56 Å². The van der Waals surface area contributed by atoms with Crippen LogP contribution in [0.4, 0.5) is 24.7 Å². The fourth-order valence-electron chi connectivity index (χ4n) is 2.32. The molecule has 0 spiro atoms. The third-order valence-electron chi connectivity index (χ3n) is 3.40. The number of nitrogen functional groups attached to an aromatic ring is 1. The molecular formula is C17H18F3N5O2. The molecule has 3 aromatic rings. The number of nitrogens with two attached hydrogens (primary N) is 1. The van der Waals surface area contributed by atoms with Crippen LogP contribution in [0.2, 0.25) is 0 Å². The van der Waals surface area contributed by atoms with Gasteiger partial charge in [0.15, 0.2) is 17.2 Å². The molecule has 0 saturated carbocycles. The van der Waals surface area contributed by atoms with Crippen molar-refractivity contribution >= 4 is 23.1 Å². The van der Waals surface area contributed by atoms with Gasteiger partial charge in [-0.3, -0.25) is 0 Å². The predicted molar refractivity (Wildman–Crippen MR) is 94.5 cm³/mol. The number of aromatic carboxylic acids is 1. The van der Waals surface area contributed by atoms with E-state index in [0.717, 1.165) is 12.1 Å². The van der Waals surface area contributed by atoms with Crippen LogP contribution in [0.3, 0.4) is 0 Å². The highest BCUT2D eigenvalue weighted by atomic mass is 19.4. The molecule has 4 N–H and O–H groups in total. The maximum Gasteiger partial charge on any atom is 0.416 e. The molecule has 0 atom stereocenters. The molecule has 2 aromatic heterocycles. The molecule has 0 aliphatic carbocycles. The van der Waals surface area contributed by atoms with Gasteiger partial charge < -0.3 is 20.6 Å². The Morgan fingerprint density at radius 1 is 1.30 bits per heavy atom. The van der Waals surface area contributed by atoms with Gasteiger partial charge in [0.1, 0.15) is 0 Å². The molecular weight excluding hydrogens is 363 g/mol. The summed E-state index contributed by atoms with van der Waals surface area (Å²) in [6.45, 7) is 4.01. The maximum absolute atomic E-state index is 12.8. The normalized spacial score (nSPS) is 11.0. The first-order chi connectivity index (χ1) is 12.7. The largest absolute Gasteiger partial charge is 0.476 e. The lowest BCUT2D eigenvalue weighted by Gasteiger charge is -2.11. The Labute approximate surface area is 152 Å². The summed E-state index contributed by atoms with van der Waals surface area (Å²) >= 11 is 0. The Morgan fingerprint density at radius 3 is 2.63 bits per heavy atom. The molecule has 1 aromatic carbocycles. The highest BCUT2D eigenvalue weighted by molar-refractivity contribution is 5.86. The van der Waals surface area contributed by atoms with Crippen molar-refractivity contribution in [2.45, 2.75) is 26.6 Å². The molecule has 2 heterocycles. The van der Waals surface area contributed by atoms with E-state index in [1.165, 1.54) is 29.1 Å². The minimum atomic E-state index is -4.50. The zero-order valence-corrected chi connectivity index (χ0v) is 14.6. The van der Waals surface area contributed by atoms with Crippen LogP contribution in [-0.2, 0) is 12.7 Å². The number of carbonyl (C=O) groups is 1. The highest BCUT2D eigenvalue weighted by Gasteiger charge is 2.31. The quantitative estimate of drug-likeness (QED) is 0.596. The van der Waals surface area contributed by atoms with E-state index in [4.69, 9.17) is 10.8 Å². The molecule has 0 aliphatic rings. The zero-order valence-electron chi connectivity index (χ0n) is 14.6. The van der Waals surface area contributed by atoms with Gasteiger partial charge in [0.05, 0.1) is 5.56 Å². The Hall–Kier alpha value is -3.30. The van der Waals surface area contributed by atoms with Gasteiger partial charge in [-0.05, 0) is 23.8 Å². The van der Waals surface area contributed by atoms with Gasteiger partial charge in [0.25, 0.3) is 0 Å². The zero-order chi connectivity index (χ0) is 20.2. The Kier molecular flexibility index (Phi) is 5.88. The van der Waals surface area contributed by atoms with Crippen LogP contribution in [0.25, 0.3) is 5.65 Å². The molecule has 10 heteroatoms. The number of alkyl halides is 3. The van der Waals surface area contributed by atoms with E-state index in [2.05, 4.69) is 15.3 Å². The second-order valence-electron chi connectivity index (χ2n) is 5.25. The summed E-state index contributed by atoms with van der Waals surface area (Å²) in [4.78, 5) is 19.0. The lowest BCUT2D eigenvalue weighted by Crippen LogP contribution is -2.09. The number of anilines is 2. The van der Waals surface area contributed by atoms with Crippen molar-refractivity contribution in [2.24, 2.45) is 0 Å². The maximum atomic E-state index is 12.8. The van der Waals surface area contributed by atoms with Gasteiger partial charge in [-0.15, -0.1) is 0 Å². The lowest BCUT2D eigenvalue weighted by molar-refractivity contribution is -0.137. The smallest absolute Gasteiger partial charge is 0.416 e. The molecule has 0 bridgehead atoms. The molecule has 0 aliphatic heterocycles. The van der Waals surface area contributed by atoms with E-state index < -0.39 is 17.7 Å². The average Bonchev–Trinajstić information content (AvgIpc) is 3.05. The van der Waals surface area contributed by atoms with Crippen LogP contribution in [0.1, 0.15) is 35.5 Å². The first kappa shape index (κ1) is 20.0. The second-order valence-corrected chi connectivity index (χ2v) is 5.25. The fourth-order valence-corrected chi connectivity index (χ4v) is 2.32. The van der Waals surface area contributed by atoms with Gasteiger partial charge in [0, 0.05) is 30.8 Å². The van der Waals surface area contributed by atoms with Crippen molar-refractivity contribution in [3.05, 3.63) is 53.6 Å². The summed E-state index contributed by atoms with van der Waals surface area (Å²) in [6.07, 6.45) is -0.250. The number of hydrogen-bond donors (Lipinski definition) is 3. The van der Waals surface area contributed by atoms with Gasteiger partial charge in [0.2, 0.25) is 0 Å². The monoisotopic (exact) mass is 381 g/mol. The number of nitrogens with zero attached hydrogens (tertiary/aromatic N) is 3. The fraction of sp³-hybridized carbons (Fsp3) is 0.235. The van der Waals surface area contributed by atoms with Crippen LogP contribution in [0, 0.1) is 0 Å². The van der Waals surface area contributed by atoms with Crippen LogP contribution in [0.15, 0.2) is 36.8 Å². The van der Waals surface area contributed by atoms with E-state index in [9.17, 15) is 18.0 Å². The average molecular weight is 381 g/mol. The van der Waals surface area contributed by atoms with Crippen molar-refractivity contribution < 1.29 is 23.1 Å². The summed E-state index contributed by atoms with van der Waals surface area (Å²) in [5.41, 5.74) is 5.07. The van der Waals surface area contributed by atoms with Crippen molar-refractivity contribution in [1.82, 2.24) is 14.4 Å². The van der Waals surface area contributed by atoms with E-state index in [-0.39, 0.29) is 29.4 Å². The summed E-state index contributed by atoms with van der Waals surface area (Å²) in [5, 5.41) is 11.8. The molecule has 0 fully saturated rings. The third kappa shape index (κ3) is 4.66. The summed E-state index contributed by atoms with van der Waals surface area (Å²) in [5.74, 6) is -0.953. The number of rotatable bonds is 4. The molecule has 0 radical (unpaired) electrons. The van der Waals surface area contributed by atoms with Crippen molar-refractivity contribution in [2.75, 3.05) is 11.1 Å². The number of halogens is 3. The second kappa shape index (κ2) is 7.94. The third-order valence-corrected chi connectivity index (χ3v) is 3.40. The summed E-state index contributed by atoms with van der Waals surface area (Å²) < 4.78 is 40.0. The van der Waals surface area contributed by atoms with Crippen molar-refractivity contribution in [3.63, 3.8) is 0 Å². The van der Waals surface area contributed by atoms with Gasteiger partial charge in [-0.1, -0.05) is 13.8 Å². The standard InChI is InChI=1S/C15H12F3N5O2.C2H6/c16-15(17,18)9-3-8(4-10(19)5-9)6-21-12-13-22-11(14(24)25)7-23(13)2-1-20-12;1-2/h1-5,7H,6,19H2,(H,20,21)(H,24,25);1-2H3. The number of benzene rings is 1. The Morgan fingerprint density at radius 2 is 2.00 bits per heavy atom. The molecule has 0 unspecified atom stereocenters. The van der Waals surface area contributed by atoms with E-state index in [1.807, 2.05) is 13.8 Å². The minimum absolute atomic E-state index is 0.00762. The minimum Gasteiger partial charge on any atom is -0.476 e. The number of nitrogens with one attached hydrogen (secondary N) is 1. The van der Waals surface area contributed by atoms with Gasteiger partial charge >= 0.3 is 12.1 Å². The van der Waals surface area contributed by atoms with Crippen LogP contribution in [-0.4, -0.2) is 25.4 Å². The molecule has 0 saturated heterocycles. The van der Waals surface area contributed by atoms with Gasteiger partial charge in [-0.25, -0.2) is 14.8 Å². The highest BCUT2D eigenvalue weighted by Crippen LogP contribution is 2.31. The first-order valence-electron chi connectivity index (χ1n) is 8.01. The number of carboxylic acids is 1. The van der Waals surface area contributed by atoms with Crippen LogP contribution >= 0.6 is 0 Å². The summed E-state index contributed by atoms with van der Waals surface area (Å²) in [7, 11) is 0. The summed E-state index contributed by atoms with van der Waals surface area (Å²) in [6, 6.07) is 3.25. The molecule has 0 amide bonds. The number of imidazole rings is 1. The Balaban J connectivity index is 0.00000126.